The van der Waals surface area contributed by atoms with Gasteiger partial charge in [0.1, 0.15) is 12.0 Å². The first-order valence-electron chi connectivity index (χ1n) is 5.55. The Morgan fingerprint density at radius 1 is 1.50 bits per heavy atom. The molecule has 1 N–H and O–H groups in total. The number of hydrazine groups is 1. The zero-order valence-corrected chi connectivity index (χ0v) is 9.35. The second-order valence-electron chi connectivity index (χ2n) is 3.74. The number of hydrogen-bond acceptors (Lipinski definition) is 4. The number of benzene rings is 1. The molecule has 0 radical (unpaired) electrons. The van der Waals surface area contributed by atoms with Crippen LogP contribution in [0.2, 0.25) is 0 Å². The van der Waals surface area contributed by atoms with E-state index in [1.54, 1.807) is 0 Å². The third-order valence-electron chi connectivity index (χ3n) is 2.61. The fraction of sp³-hybridized carbons (Fsp3) is 0.417. The predicted molar refractivity (Wildman–Crippen MR) is 62.6 cm³/mol. The van der Waals surface area contributed by atoms with Crippen LogP contribution in [-0.4, -0.2) is 25.5 Å². The molecule has 1 unspecified atom stereocenters. The van der Waals surface area contributed by atoms with Crippen LogP contribution in [0.5, 0.6) is 5.75 Å². The lowest BCUT2D eigenvalue weighted by atomic mass is 10.2. The molecule has 1 aromatic carbocycles. The van der Waals surface area contributed by atoms with Gasteiger partial charge >= 0.3 is 0 Å². The van der Waals surface area contributed by atoms with Crippen LogP contribution in [0.4, 0.5) is 5.69 Å². The van der Waals surface area contributed by atoms with Crippen molar-refractivity contribution >= 4 is 12.0 Å². The normalized spacial score (nSPS) is 19.8. The number of carbonyl (C=O) groups is 1. The SMILES string of the molecule is CCOc1ccc(N2CCC(C=O)N2)cc1. The lowest BCUT2D eigenvalue weighted by Crippen LogP contribution is -2.36. The van der Waals surface area contributed by atoms with E-state index in [9.17, 15) is 4.79 Å². The molecule has 0 bridgehead atoms. The van der Waals surface area contributed by atoms with Gasteiger partial charge in [0.25, 0.3) is 0 Å². The van der Waals surface area contributed by atoms with Crippen molar-refractivity contribution < 1.29 is 9.53 Å². The molecule has 1 heterocycles. The van der Waals surface area contributed by atoms with Gasteiger partial charge in [-0.2, -0.15) is 0 Å². The Hall–Kier alpha value is -1.55. The first-order valence-corrected chi connectivity index (χ1v) is 5.55. The minimum Gasteiger partial charge on any atom is -0.494 e. The second-order valence-corrected chi connectivity index (χ2v) is 3.74. The molecule has 1 atom stereocenters. The summed E-state index contributed by atoms with van der Waals surface area (Å²) in [6.07, 6.45) is 1.81. The number of nitrogens with one attached hydrogen (secondary N) is 1. The van der Waals surface area contributed by atoms with Crippen molar-refractivity contribution in [1.82, 2.24) is 5.43 Å². The molecule has 0 spiro atoms. The maximum Gasteiger partial charge on any atom is 0.138 e. The van der Waals surface area contributed by atoms with Crippen LogP contribution < -0.4 is 15.2 Å². The van der Waals surface area contributed by atoms with E-state index in [1.165, 1.54) is 0 Å². The van der Waals surface area contributed by atoms with E-state index in [0.29, 0.717) is 6.61 Å². The monoisotopic (exact) mass is 220 g/mol. The lowest BCUT2D eigenvalue weighted by Gasteiger charge is -2.18. The van der Waals surface area contributed by atoms with E-state index in [0.717, 1.165) is 30.7 Å². The molecule has 1 aliphatic heterocycles. The summed E-state index contributed by atoms with van der Waals surface area (Å²) in [5, 5.41) is 1.99. The third kappa shape index (κ3) is 2.33. The molecule has 0 amide bonds. The zero-order valence-electron chi connectivity index (χ0n) is 9.35. The quantitative estimate of drug-likeness (QED) is 0.778. The number of anilines is 1. The van der Waals surface area contributed by atoms with Gasteiger partial charge in [-0.15, -0.1) is 0 Å². The van der Waals surface area contributed by atoms with Crippen LogP contribution >= 0.6 is 0 Å². The van der Waals surface area contributed by atoms with Crippen LogP contribution in [0.3, 0.4) is 0 Å². The maximum absolute atomic E-state index is 10.6. The van der Waals surface area contributed by atoms with Crippen LogP contribution in [-0.2, 0) is 4.79 Å². The van der Waals surface area contributed by atoms with Gasteiger partial charge in [-0.3, -0.25) is 0 Å². The van der Waals surface area contributed by atoms with Crippen molar-refractivity contribution in [2.75, 3.05) is 18.2 Å². The molecule has 4 nitrogen and oxygen atoms in total. The average Bonchev–Trinajstić information content (AvgIpc) is 2.79. The molecule has 1 fully saturated rings. The molecule has 2 rings (SSSR count). The highest BCUT2D eigenvalue weighted by Crippen LogP contribution is 2.20. The first kappa shape index (κ1) is 11.0. The van der Waals surface area contributed by atoms with Gasteiger partial charge in [0.05, 0.1) is 18.3 Å². The Morgan fingerprint density at radius 3 is 2.81 bits per heavy atom. The van der Waals surface area contributed by atoms with E-state index in [4.69, 9.17) is 4.74 Å². The van der Waals surface area contributed by atoms with Crippen molar-refractivity contribution in [2.45, 2.75) is 19.4 Å². The largest absolute Gasteiger partial charge is 0.494 e. The molecule has 0 saturated carbocycles. The molecule has 0 aromatic heterocycles. The topological polar surface area (TPSA) is 41.6 Å². The summed E-state index contributed by atoms with van der Waals surface area (Å²) < 4.78 is 5.37. The Bertz CT molecular complexity index is 351. The summed E-state index contributed by atoms with van der Waals surface area (Å²) in [6, 6.07) is 7.81. The molecule has 16 heavy (non-hydrogen) atoms. The Morgan fingerprint density at radius 2 is 2.25 bits per heavy atom. The number of ether oxygens (including phenoxy) is 1. The minimum atomic E-state index is -0.0495. The molecular weight excluding hydrogens is 204 g/mol. The van der Waals surface area contributed by atoms with E-state index in [1.807, 2.05) is 36.2 Å². The number of carbonyl (C=O) groups excluding carboxylic acids is 1. The molecule has 1 saturated heterocycles. The second kappa shape index (κ2) is 4.99. The average molecular weight is 220 g/mol. The molecule has 1 aromatic rings. The van der Waals surface area contributed by atoms with Gasteiger partial charge < -0.3 is 14.5 Å². The first-order chi connectivity index (χ1) is 7.83. The predicted octanol–water partition coefficient (Wildman–Crippen LogP) is 1.37. The van der Waals surface area contributed by atoms with Gasteiger partial charge in [0.15, 0.2) is 0 Å². The summed E-state index contributed by atoms with van der Waals surface area (Å²) in [5.41, 5.74) is 4.20. The summed E-state index contributed by atoms with van der Waals surface area (Å²) in [7, 11) is 0. The molecule has 0 aliphatic carbocycles. The summed E-state index contributed by atoms with van der Waals surface area (Å²) in [6.45, 7) is 3.50. The standard InChI is InChI=1S/C12H16N2O2/c1-2-16-12-5-3-11(4-6-12)14-8-7-10(9-15)13-14/h3-6,9-10,13H,2,7-8H2,1H3. The van der Waals surface area contributed by atoms with Gasteiger partial charge in [-0.05, 0) is 37.6 Å². The molecular formula is C12H16N2O2. The fourth-order valence-corrected chi connectivity index (χ4v) is 1.79. The highest BCUT2D eigenvalue weighted by Gasteiger charge is 2.20. The Kier molecular flexibility index (Phi) is 3.41. The number of rotatable bonds is 4. The Balaban J connectivity index is 2.02. The van der Waals surface area contributed by atoms with Gasteiger partial charge in [-0.25, -0.2) is 5.43 Å². The lowest BCUT2D eigenvalue weighted by molar-refractivity contribution is -0.109. The fourth-order valence-electron chi connectivity index (χ4n) is 1.79. The van der Waals surface area contributed by atoms with Gasteiger partial charge in [0.2, 0.25) is 0 Å². The number of aldehydes is 1. The van der Waals surface area contributed by atoms with Crippen molar-refractivity contribution in [1.29, 1.82) is 0 Å². The minimum absolute atomic E-state index is 0.0495. The van der Waals surface area contributed by atoms with E-state index < -0.39 is 0 Å². The van der Waals surface area contributed by atoms with Crippen LogP contribution in [0.1, 0.15) is 13.3 Å². The van der Waals surface area contributed by atoms with Gasteiger partial charge in [0, 0.05) is 6.54 Å². The smallest absolute Gasteiger partial charge is 0.138 e. The zero-order chi connectivity index (χ0) is 11.4. The highest BCUT2D eigenvalue weighted by molar-refractivity contribution is 5.60. The molecule has 86 valence electrons. The summed E-state index contributed by atoms with van der Waals surface area (Å²) >= 11 is 0. The van der Waals surface area contributed by atoms with Crippen LogP contribution in [0.25, 0.3) is 0 Å². The Labute approximate surface area is 95.2 Å². The van der Waals surface area contributed by atoms with E-state index >= 15 is 0 Å². The van der Waals surface area contributed by atoms with Crippen LogP contribution in [0.15, 0.2) is 24.3 Å². The van der Waals surface area contributed by atoms with Crippen molar-refractivity contribution in [3.8, 4) is 5.75 Å². The molecule has 4 heteroatoms. The third-order valence-corrected chi connectivity index (χ3v) is 2.61. The molecule has 1 aliphatic rings. The van der Waals surface area contributed by atoms with Gasteiger partial charge in [-0.1, -0.05) is 0 Å². The van der Waals surface area contributed by atoms with Crippen molar-refractivity contribution in [3.05, 3.63) is 24.3 Å². The summed E-state index contributed by atoms with van der Waals surface area (Å²) in [4.78, 5) is 10.6. The van der Waals surface area contributed by atoms with E-state index in [2.05, 4.69) is 5.43 Å². The maximum atomic E-state index is 10.6. The number of hydrogen-bond donors (Lipinski definition) is 1. The summed E-state index contributed by atoms with van der Waals surface area (Å²) in [5.74, 6) is 0.873. The highest BCUT2D eigenvalue weighted by atomic mass is 16.5. The van der Waals surface area contributed by atoms with Crippen LogP contribution in [0, 0.1) is 0 Å². The number of nitrogens with zero attached hydrogens (tertiary/aromatic N) is 1. The van der Waals surface area contributed by atoms with Crippen molar-refractivity contribution in [2.24, 2.45) is 0 Å². The van der Waals surface area contributed by atoms with Crippen molar-refractivity contribution in [3.63, 3.8) is 0 Å². The van der Waals surface area contributed by atoms with E-state index in [-0.39, 0.29) is 6.04 Å².